The van der Waals surface area contributed by atoms with Crippen molar-refractivity contribution in [1.82, 2.24) is 20.4 Å². The molecular formula is C52H56Cl2N6O10. The molecule has 0 aromatic heterocycles. The molecule has 2 amide bonds. The number of ether oxygens (including phenoxy) is 6. The molecule has 16 nitrogen and oxygen atoms in total. The minimum absolute atomic E-state index is 0.0210. The van der Waals surface area contributed by atoms with Crippen LogP contribution in [0, 0.1) is 11.8 Å². The van der Waals surface area contributed by atoms with Crippen LogP contribution in [0.25, 0.3) is 0 Å². The maximum Gasteiger partial charge on any atom is 0.334 e. The monoisotopic (exact) mass is 994 g/mol. The minimum atomic E-state index is -1.19. The van der Waals surface area contributed by atoms with Gasteiger partial charge in [-0.1, -0.05) is 47.5 Å². The molecule has 4 unspecified atom stereocenters. The fourth-order valence-electron chi connectivity index (χ4n) is 10.7. The number of hydrogen-bond donors (Lipinski definition) is 2. The first kappa shape index (κ1) is 47.5. The van der Waals surface area contributed by atoms with Crippen LogP contribution in [0.2, 0.25) is 10.0 Å². The van der Waals surface area contributed by atoms with Gasteiger partial charge in [0.1, 0.15) is 11.5 Å². The molecule has 2 N–H and O–H groups in total. The molecule has 4 atom stereocenters. The summed E-state index contributed by atoms with van der Waals surface area (Å²) >= 11 is 13.4. The Morgan fingerprint density at radius 3 is 1.31 bits per heavy atom. The third kappa shape index (κ3) is 10.6. The molecule has 6 saturated heterocycles. The quantitative estimate of drug-likeness (QED) is 0.105. The zero-order chi connectivity index (χ0) is 48.5. The van der Waals surface area contributed by atoms with Crippen molar-refractivity contribution < 1.29 is 47.6 Å². The first-order valence-corrected chi connectivity index (χ1v) is 24.6. The second-order valence-electron chi connectivity index (χ2n) is 18.8. The van der Waals surface area contributed by atoms with Crippen molar-refractivity contribution in [3.05, 3.63) is 117 Å². The van der Waals surface area contributed by atoms with Crippen molar-refractivity contribution in [3.8, 4) is 23.0 Å². The van der Waals surface area contributed by atoms with Crippen molar-refractivity contribution in [3.63, 3.8) is 0 Å². The Balaban J connectivity index is 0.853. The molecule has 8 aliphatic rings. The van der Waals surface area contributed by atoms with Gasteiger partial charge in [0.25, 0.3) is 24.4 Å². The summed E-state index contributed by atoms with van der Waals surface area (Å²) in [6.45, 7) is 6.49. The molecule has 0 aliphatic carbocycles. The van der Waals surface area contributed by atoms with Crippen LogP contribution in [0.4, 0.5) is 11.4 Å². The van der Waals surface area contributed by atoms with Gasteiger partial charge in [-0.05, 0) is 123 Å². The number of benzene rings is 4. The van der Waals surface area contributed by atoms with E-state index in [4.69, 9.17) is 51.6 Å². The molecule has 4 aromatic carbocycles. The number of halogens is 2. The lowest BCUT2D eigenvalue weighted by atomic mass is 9.84. The van der Waals surface area contributed by atoms with Crippen molar-refractivity contribution in [2.45, 2.75) is 63.4 Å². The minimum Gasteiger partial charge on any atom is -0.497 e. The number of methoxy groups -OCH3 is 2. The maximum absolute atomic E-state index is 14.1. The zero-order valence-electron chi connectivity index (χ0n) is 39.1. The lowest BCUT2D eigenvalue weighted by Crippen LogP contribution is -2.57. The SMILES string of the molecule is COc1ccc(CN2CC(OC(=O)/C=C/C(=O)OC3CN(Cc4ccc(OC)cc4)c4cc(Cl)cc(C(=O)NC5CN6CCC5CC6)c4O3)Oc3c(C(=O)NC4CN5CCC4CC5)cc(Cl)cc32)cc1. The third-order valence-corrected chi connectivity index (χ3v) is 14.8. The van der Waals surface area contributed by atoms with Gasteiger partial charge in [-0.15, -0.1) is 0 Å². The van der Waals surface area contributed by atoms with E-state index in [1.165, 1.54) is 0 Å². The number of rotatable bonds is 14. The van der Waals surface area contributed by atoms with Gasteiger partial charge in [0.05, 0.1) is 49.8 Å². The van der Waals surface area contributed by atoms with Crippen LogP contribution in [-0.4, -0.2) is 125 Å². The van der Waals surface area contributed by atoms with E-state index in [9.17, 15) is 19.2 Å². The number of esters is 2. The molecule has 4 bridgehead atoms. The third-order valence-electron chi connectivity index (χ3n) is 14.3. The Labute approximate surface area is 416 Å². The molecule has 8 heterocycles. The normalized spacial score (nSPS) is 25.2. The average molecular weight is 996 g/mol. The van der Waals surface area contributed by atoms with Gasteiger partial charge in [0.15, 0.2) is 11.5 Å². The van der Waals surface area contributed by atoms with Crippen LogP contribution in [0.15, 0.2) is 84.9 Å². The van der Waals surface area contributed by atoms with E-state index in [1.807, 2.05) is 58.3 Å². The number of amides is 2. The van der Waals surface area contributed by atoms with Crippen molar-refractivity contribution >= 4 is 58.3 Å². The van der Waals surface area contributed by atoms with Gasteiger partial charge in [0, 0.05) is 60.5 Å². The maximum atomic E-state index is 14.1. The molecule has 0 spiro atoms. The summed E-state index contributed by atoms with van der Waals surface area (Å²) in [5.74, 6) is 0.135. The highest BCUT2D eigenvalue weighted by Gasteiger charge is 2.39. The summed E-state index contributed by atoms with van der Waals surface area (Å²) in [4.78, 5) is 63.8. The van der Waals surface area contributed by atoms with Crippen molar-refractivity contribution in [1.29, 1.82) is 0 Å². The van der Waals surface area contributed by atoms with E-state index in [1.54, 1.807) is 38.5 Å². The highest BCUT2D eigenvalue weighted by Crippen LogP contribution is 2.43. The van der Waals surface area contributed by atoms with Gasteiger partial charge in [-0.25, -0.2) is 9.59 Å². The van der Waals surface area contributed by atoms with Crippen LogP contribution in [0.1, 0.15) is 57.5 Å². The first-order valence-electron chi connectivity index (χ1n) is 23.9. The summed E-state index contributed by atoms with van der Waals surface area (Å²) in [6.07, 6.45) is 3.60. The van der Waals surface area contributed by atoms with Gasteiger partial charge in [-0.2, -0.15) is 0 Å². The predicted octanol–water partition coefficient (Wildman–Crippen LogP) is 6.45. The lowest BCUT2D eigenvalue weighted by Gasteiger charge is -2.45. The van der Waals surface area contributed by atoms with Gasteiger partial charge in [-0.3, -0.25) is 9.59 Å². The number of carbonyl (C=O) groups excluding carboxylic acids is 4. The average Bonchev–Trinajstić information content (AvgIpc) is 3.37. The molecule has 6 fully saturated rings. The number of anilines is 2. The Kier molecular flexibility index (Phi) is 14.0. The Hall–Kier alpha value is -6.20. The molecule has 8 aliphatic heterocycles. The number of piperidine rings is 6. The smallest absolute Gasteiger partial charge is 0.334 e. The fraction of sp³-hybridized carbons (Fsp3) is 0.423. The fourth-order valence-corrected chi connectivity index (χ4v) is 11.1. The Morgan fingerprint density at radius 2 is 0.971 bits per heavy atom. The summed E-state index contributed by atoms with van der Waals surface area (Å²) < 4.78 is 35.1. The molecular weight excluding hydrogens is 940 g/mol. The second kappa shape index (κ2) is 20.6. The first-order chi connectivity index (χ1) is 33.9. The second-order valence-corrected chi connectivity index (χ2v) is 19.7. The van der Waals surface area contributed by atoms with Crippen LogP contribution in [0.5, 0.6) is 23.0 Å². The van der Waals surface area contributed by atoms with E-state index in [2.05, 4.69) is 20.4 Å². The summed E-state index contributed by atoms with van der Waals surface area (Å²) in [6, 6.07) is 21.6. The van der Waals surface area contributed by atoms with Crippen LogP contribution in [0.3, 0.4) is 0 Å². The molecule has 0 radical (unpaired) electrons. The standard InChI is InChI=1S/C52H56Cl2N6O10/c1-65-37-7-3-31(4-8-37)25-59-29-47(69-49-39(21-35(53)23-43(49)59)51(63)55-41-27-57-17-13-33(41)14-18-57)67-45(61)11-12-46(62)68-48-30-60(26-32-5-9-38(66-2)10-6-32)44-24-36(54)22-40(50(44)70-48)52(64)56-42-28-58-19-15-34(42)16-20-58/h3-12,21-24,33-34,41-42,47-48H,13-20,25-30H2,1-2H3,(H,55,63)(H,56,64)/b12-11+. The van der Waals surface area contributed by atoms with E-state index < -0.39 is 24.5 Å². The molecule has 70 heavy (non-hydrogen) atoms. The van der Waals surface area contributed by atoms with E-state index >= 15 is 0 Å². The van der Waals surface area contributed by atoms with Crippen molar-refractivity contribution in [2.24, 2.45) is 11.8 Å². The zero-order valence-corrected chi connectivity index (χ0v) is 40.6. The van der Waals surface area contributed by atoms with E-state index in [0.29, 0.717) is 57.8 Å². The summed E-state index contributed by atoms with van der Waals surface area (Å²) in [5.41, 5.74) is 3.39. The summed E-state index contributed by atoms with van der Waals surface area (Å²) in [7, 11) is 3.19. The van der Waals surface area contributed by atoms with Gasteiger partial charge >= 0.3 is 11.9 Å². The largest absolute Gasteiger partial charge is 0.497 e. The number of nitrogens with one attached hydrogen (secondary N) is 2. The molecule has 18 heteroatoms. The van der Waals surface area contributed by atoms with Crippen LogP contribution < -0.4 is 39.4 Å². The lowest BCUT2D eigenvalue weighted by molar-refractivity contribution is -0.160. The van der Waals surface area contributed by atoms with Crippen LogP contribution in [-0.2, 0) is 32.2 Å². The predicted molar refractivity (Wildman–Crippen MR) is 262 cm³/mol. The number of fused-ring (bicyclic) bond motifs is 8. The number of nitrogens with zero attached hydrogens (tertiary/aromatic N) is 4. The van der Waals surface area contributed by atoms with E-state index in [-0.39, 0.29) is 59.6 Å². The molecule has 4 aromatic rings. The Bertz CT molecular complexity index is 2460. The highest BCUT2D eigenvalue weighted by molar-refractivity contribution is 6.32. The van der Waals surface area contributed by atoms with Gasteiger partial charge < -0.3 is 58.7 Å². The van der Waals surface area contributed by atoms with Crippen LogP contribution >= 0.6 is 23.2 Å². The van der Waals surface area contributed by atoms with E-state index in [0.717, 1.165) is 88.2 Å². The number of carbonyl (C=O) groups is 4. The molecule has 0 saturated carbocycles. The number of hydrogen-bond acceptors (Lipinski definition) is 14. The van der Waals surface area contributed by atoms with Crippen molar-refractivity contribution in [2.75, 3.05) is 76.4 Å². The molecule has 368 valence electrons. The van der Waals surface area contributed by atoms with Gasteiger partial charge in [0.2, 0.25) is 0 Å². The Morgan fingerprint density at radius 1 is 0.586 bits per heavy atom. The molecule has 12 rings (SSSR count). The topological polar surface area (TPSA) is 161 Å². The highest BCUT2D eigenvalue weighted by atomic mass is 35.5. The summed E-state index contributed by atoms with van der Waals surface area (Å²) in [5, 5.41) is 7.16.